The monoisotopic (exact) mass is 210 g/mol. The molecular weight excluding hydrogens is 204 g/mol. The lowest BCUT2D eigenvalue weighted by atomic mass is 10.4. The zero-order valence-electron chi connectivity index (χ0n) is 7.01. The highest BCUT2D eigenvalue weighted by molar-refractivity contribution is 7.13. The van der Waals surface area contributed by atoms with E-state index in [-0.39, 0.29) is 12.3 Å². The molecule has 0 saturated heterocycles. The number of carbonyl (C=O) groups is 1. The molecule has 2 aromatic rings. The van der Waals surface area contributed by atoms with Crippen molar-refractivity contribution in [3.8, 4) is 10.6 Å². The van der Waals surface area contributed by atoms with E-state index in [1.54, 1.807) is 11.7 Å². The Labute approximate surface area is 83.0 Å². The maximum absolute atomic E-state index is 10.4. The summed E-state index contributed by atoms with van der Waals surface area (Å²) in [5, 5.41) is 8.50. The van der Waals surface area contributed by atoms with E-state index in [0.717, 1.165) is 4.88 Å². The number of thiazole rings is 1. The van der Waals surface area contributed by atoms with E-state index in [4.69, 9.17) is 9.52 Å². The van der Waals surface area contributed by atoms with Gasteiger partial charge >= 0.3 is 5.97 Å². The van der Waals surface area contributed by atoms with Crippen LogP contribution in [0.3, 0.4) is 0 Å². The number of aliphatic carboxylic acids is 1. The summed E-state index contributed by atoms with van der Waals surface area (Å²) in [4.78, 5) is 18.9. The molecule has 1 N–H and O–H groups in total. The van der Waals surface area contributed by atoms with E-state index in [2.05, 4.69) is 9.97 Å². The van der Waals surface area contributed by atoms with Crippen molar-refractivity contribution in [1.29, 1.82) is 0 Å². The normalized spacial score (nSPS) is 10.3. The number of aromatic nitrogens is 2. The van der Waals surface area contributed by atoms with Crippen LogP contribution in [0.4, 0.5) is 0 Å². The SMILES string of the molecule is O=C(O)Cc1ncc(-c2cncs2)o1. The van der Waals surface area contributed by atoms with E-state index in [1.807, 2.05) is 0 Å². The van der Waals surface area contributed by atoms with Crippen molar-refractivity contribution in [1.82, 2.24) is 9.97 Å². The summed E-state index contributed by atoms with van der Waals surface area (Å²) in [6.45, 7) is 0. The number of hydrogen-bond donors (Lipinski definition) is 1. The molecule has 14 heavy (non-hydrogen) atoms. The highest BCUT2D eigenvalue weighted by atomic mass is 32.1. The van der Waals surface area contributed by atoms with Gasteiger partial charge in [-0.05, 0) is 0 Å². The van der Waals surface area contributed by atoms with Crippen molar-refractivity contribution in [3.63, 3.8) is 0 Å². The summed E-state index contributed by atoms with van der Waals surface area (Å²) in [5.41, 5.74) is 1.68. The van der Waals surface area contributed by atoms with Crippen molar-refractivity contribution in [2.24, 2.45) is 0 Å². The summed E-state index contributed by atoms with van der Waals surface area (Å²) in [6.07, 6.45) is 2.96. The van der Waals surface area contributed by atoms with E-state index in [0.29, 0.717) is 5.76 Å². The van der Waals surface area contributed by atoms with Crippen LogP contribution in [0.5, 0.6) is 0 Å². The minimum Gasteiger partial charge on any atom is -0.481 e. The fraction of sp³-hybridized carbons (Fsp3) is 0.125. The third kappa shape index (κ3) is 1.80. The molecule has 2 aromatic heterocycles. The van der Waals surface area contributed by atoms with Crippen LogP contribution in [0, 0.1) is 0 Å². The van der Waals surface area contributed by atoms with Crippen LogP contribution in [0.1, 0.15) is 5.89 Å². The maximum Gasteiger partial charge on any atom is 0.312 e. The number of carboxylic acids is 1. The van der Waals surface area contributed by atoms with Crippen molar-refractivity contribution >= 4 is 17.3 Å². The van der Waals surface area contributed by atoms with Gasteiger partial charge in [-0.1, -0.05) is 0 Å². The Morgan fingerprint density at radius 1 is 1.57 bits per heavy atom. The molecule has 0 bridgehead atoms. The van der Waals surface area contributed by atoms with Gasteiger partial charge in [0, 0.05) is 6.20 Å². The third-order valence-electron chi connectivity index (χ3n) is 1.53. The first kappa shape index (κ1) is 8.89. The second-order valence-electron chi connectivity index (χ2n) is 2.55. The molecule has 0 unspecified atom stereocenters. The topological polar surface area (TPSA) is 76.2 Å². The lowest BCUT2D eigenvalue weighted by molar-refractivity contribution is -0.136. The van der Waals surface area contributed by atoms with Gasteiger partial charge in [-0.15, -0.1) is 11.3 Å². The molecule has 0 saturated carbocycles. The molecule has 5 nitrogen and oxygen atoms in total. The predicted molar refractivity (Wildman–Crippen MR) is 49.0 cm³/mol. The van der Waals surface area contributed by atoms with Crippen molar-refractivity contribution < 1.29 is 14.3 Å². The van der Waals surface area contributed by atoms with E-state index >= 15 is 0 Å². The van der Waals surface area contributed by atoms with Gasteiger partial charge in [0.15, 0.2) is 5.76 Å². The highest BCUT2D eigenvalue weighted by Gasteiger charge is 2.10. The first-order chi connectivity index (χ1) is 6.75. The Bertz CT molecular complexity index is 435. The number of oxazole rings is 1. The Hall–Kier alpha value is -1.69. The summed E-state index contributed by atoms with van der Waals surface area (Å²) >= 11 is 1.42. The molecule has 0 atom stereocenters. The Balaban J connectivity index is 2.22. The number of carboxylic acid groups (broad SMARTS) is 1. The molecule has 0 amide bonds. The first-order valence-electron chi connectivity index (χ1n) is 3.81. The van der Waals surface area contributed by atoms with Crippen LogP contribution in [0.15, 0.2) is 22.3 Å². The standard InChI is InChI=1S/C8H6N2O3S/c11-8(12)1-7-10-2-5(13-7)6-3-9-4-14-6/h2-4H,1H2,(H,11,12). The van der Waals surface area contributed by atoms with Crippen LogP contribution in [0.2, 0.25) is 0 Å². The molecule has 0 radical (unpaired) electrons. The average molecular weight is 210 g/mol. The van der Waals surface area contributed by atoms with Gasteiger partial charge < -0.3 is 9.52 Å². The van der Waals surface area contributed by atoms with Crippen LogP contribution in [-0.4, -0.2) is 21.0 Å². The second-order valence-corrected chi connectivity index (χ2v) is 3.44. The van der Waals surface area contributed by atoms with Gasteiger partial charge in [-0.2, -0.15) is 0 Å². The van der Waals surface area contributed by atoms with Crippen molar-refractivity contribution in [3.05, 3.63) is 23.8 Å². The maximum atomic E-state index is 10.4. The Morgan fingerprint density at radius 2 is 2.43 bits per heavy atom. The quantitative estimate of drug-likeness (QED) is 0.829. The lowest BCUT2D eigenvalue weighted by Crippen LogP contribution is -1.99. The summed E-state index contributed by atoms with van der Waals surface area (Å²) in [5.74, 6) is -0.188. The average Bonchev–Trinajstić information content (AvgIpc) is 2.69. The smallest absolute Gasteiger partial charge is 0.312 e. The van der Waals surface area contributed by atoms with E-state index < -0.39 is 5.97 Å². The molecule has 0 aliphatic carbocycles. The van der Waals surface area contributed by atoms with Crippen molar-refractivity contribution in [2.75, 3.05) is 0 Å². The van der Waals surface area contributed by atoms with Crippen LogP contribution < -0.4 is 0 Å². The zero-order valence-corrected chi connectivity index (χ0v) is 7.82. The Morgan fingerprint density at radius 3 is 3.07 bits per heavy atom. The fourth-order valence-corrected chi connectivity index (χ4v) is 1.54. The molecule has 0 aliphatic heterocycles. The molecular formula is C8H6N2O3S. The molecule has 0 fully saturated rings. The molecule has 0 spiro atoms. The first-order valence-corrected chi connectivity index (χ1v) is 4.69. The highest BCUT2D eigenvalue weighted by Crippen LogP contribution is 2.23. The van der Waals surface area contributed by atoms with Crippen LogP contribution in [0.25, 0.3) is 10.6 Å². The molecule has 2 heterocycles. The number of rotatable bonds is 3. The van der Waals surface area contributed by atoms with Gasteiger partial charge in [0.25, 0.3) is 0 Å². The summed E-state index contributed by atoms with van der Waals surface area (Å²) in [6, 6.07) is 0. The predicted octanol–water partition coefficient (Wildman–Crippen LogP) is 1.43. The van der Waals surface area contributed by atoms with Crippen LogP contribution >= 0.6 is 11.3 Å². The summed E-state index contributed by atoms with van der Waals surface area (Å²) < 4.78 is 5.22. The van der Waals surface area contributed by atoms with Gasteiger partial charge in [-0.25, -0.2) is 4.98 Å². The fourth-order valence-electron chi connectivity index (χ4n) is 0.973. The van der Waals surface area contributed by atoms with Gasteiger partial charge in [0.1, 0.15) is 6.42 Å². The number of nitrogens with zero attached hydrogens (tertiary/aromatic N) is 2. The number of hydrogen-bond acceptors (Lipinski definition) is 5. The van der Waals surface area contributed by atoms with Gasteiger partial charge in [-0.3, -0.25) is 9.78 Å². The minimum absolute atomic E-state index is 0.196. The van der Waals surface area contributed by atoms with E-state index in [1.165, 1.54) is 17.5 Å². The molecule has 2 rings (SSSR count). The minimum atomic E-state index is -0.956. The summed E-state index contributed by atoms with van der Waals surface area (Å²) in [7, 11) is 0. The Kier molecular flexibility index (Phi) is 2.28. The van der Waals surface area contributed by atoms with E-state index in [9.17, 15) is 4.79 Å². The lowest BCUT2D eigenvalue weighted by Gasteiger charge is -1.88. The molecule has 0 aliphatic rings. The third-order valence-corrected chi connectivity index (χ3v) is 2.32. The zero-order chi connectivity index (χ0) is 9.97. The molecule has 6 heteroatoms. The molecule has 0 aromatic carbocycles. The van der Waals surface area contributed by atoms with Crippen LogP contribution in [-0.2, 0) is 11.2 Å². The second kappa shape index (κ2) is 3.59. The van der Waals surface area contributed by atoms with Gasteiger partial charge in [0.2, 0.25) is 5.89 Å². The van der Waals surface area contributed by atoms with Gasteiger partial charge in [0.05, 0.1) is 16.6 Å². The van der Waals surface area contributed by atoms with Crippen molar-refractivity contribution in [2.45, 2.75) is 6.42 Å². The molecule has 72 valence electrons. The largest absolute Gasteiger partial charge is 0.481 e.